The minimum Gasteiger partial charge on any atom is -0.424 e. The van der Waals surface area contributed by atoms with Gasteiger partial charge in [0.1, 0.15) is 0 Å². The van der Waals surface area contributed by atoms with Crippen LogP contribution < -0.4 is 5.73 Å². The van der Waals surface area contributed by atoms with Gasteiger partial charge >= 0.3 is 0 Å². The topological polar surface area (TPSA) is 64.9 Å². The van der Waals surface area contributed by atoms with Crippen LogP contribution in [0.2, 0.25) is 0 Å². The fourth-order valence-corrected chi connectivity index (χ4v) is 2.42. The van der Waals surface area contributed by atoms with Gasteiger partial charge in [-0.05, 0) is 24.6 Å². The van der Waals surface area contributed by atoms with Gasteiger partial charge in [0.15, 0.2) is 0 Å². The molecule has 2 rings (SSSR count). The highest BCUT2D eigenvalue weighted by molar-refractivity contribution is 7.98. The Balaban J connectivity index is 2.06. The van der Waals surface area contributed by atoms with Crippen molar-refractivity contribution in [1.29, 1.82) is 0 Å². The molecule has 2 aromatic rings. The number of nitrogens with two attached hydrogens (primary N) is 1. The molecule has 0 aliphatic carbocycles. The van der Waals surface area contributed by atoms with E-state index in [1.165, 1.54) is 5.56 Å². The van der Waals surface area contributed by atoms with E-state index in [4.69, 9.17) is 10.2 Å². The first kappa shape index (κ1) is 13.9. The fourth-order valence-electron chi connectivity index (χ4n) is 1.52. The first-order valence-corrected chi connectivity index (χ1v) is 7.16. The van der Waals surface area contributed by atoms with Gasteiger partial charge in [-0.15, -0.1) is 22.0 Å². The smallest absolute Gasteiger partial charge is 0.226 e. The number of aromatic nitrogens is 2. The lowest BCUT2D eigenvalue weighted by atomic mass is 9.97. The van der Waals surface area contributed by atoms with Crippen molar-refractivity contribution in [2.75, 3.05) is 5.73 Å². The van der Waals surface area contributed by atoms with E-state index in [-0.39, 0.29) is 5.41 Å². The Labute approximate surface area is 117 Å². The molecular weight excluding hydrogens is 258 g/mol. The highest BCUT2D eigenvalue weighted by Crippen LogP contribution is 2.29. The molecule has 1 aromatic carbocycles. The van der Waals surface area contributed by atoms with Crippen LogP contribution in [0.5, 0.6) is 0 Å². The average Bonchev–Trinajstić information content (AvgIpc) is 2.79. The Morgan fingerprint density at radius 2 is 2.00 bits per heavy atom. The third-order valence-corrected chi connectivity index (χ3v) is 3.68. The summed E-state index contributed by atoms with van der Waals surface area (Å²) in [4.78, 5) is 1.05. The molecule has 0 amide bonds. The maximum atomic E-state index is 5.94. The number of hydrogen-bond acceptors (Lipinski definition) is 5. The Morgan fingerprint density at radius 3 is 2.63 bits per heavy atom. The van der Waals surface area contributed by atoms with Crippen LogP contribution >= 0.6 is 11.8 Å². The number of thioether (sulfide) groups is 1. The summed E-state index contributed by atoms with van der Waals surface area (Å²) in [6.45, 7) is 8.20. The van der Waals surface area contributed by atoms with Gasteiger partial charge in [0.05, 0.1) is 5.75 Å². The Kier molecular flexibility index (Phi) is 3.85. The number of benzene rings is 1. The van der Waals surface area contributed by atoms with Crippen molar-refractivity contribution >= 4 is 17.4 Å². The van der Waals surface area contributed by atoms with Gasteiger partial charge < -0.3 is 10.2 Å². The standard InChI is InChI=1S/C14H19N3OS/c1-9-5-6-10(15)11(7-9)19-8-12-16-17-13(18-12)14(2,3)4/h5-7H,8,15H2,1-4H3. The second-order valence-corrected chi connectivity index (χ2v) is 6.60. The predicted molar refractivity (Wildman–Crippen MR) is 78.2 cm³/mol. The molecule has 0 fully saturated rings. The van der Waals surface area contributed by atoms with E-state index >= 15 is 0 Å². The summed E-state index contributed by atoms with van der Waals surface area (Å²) in [5.41, 5.74) is 7.80. The van der Waals surface area contributed by atoms with Gasteiger partial charge in [-0.1, -0.05) is 26.8 Å². The highest BCUT2D eigenvalue weighted by Gasteiger charge is 2.21. The van der Waals surface area contributed by atoms with Crippen LogP contribution in [-0.4, -0.2) is 10.2 Å². The van der Waals surface area contributed by atoms with Crippen molar-refractivity contribution in [3.8, 4) is 0 Å². The van der Waals surface area contributed by atoms with E-state index in [1.807, 2.05) is 19.1 Å². The molecule has 1 heterocycles. The molecule has 0 atom stereocenters. The van der Waals surface area contributed by atoms with E-state index in [2.05, 4.69) is 37.0 Å². The van der Waals surface area contributed by atoms with E-state index in [0.717, 1.165) is 10.6 Å². The molecular formula is C14H19N3OS. The second-order valence-electron chi connectivity index (χ2n) is 5.58. The largest absolute Gasteiger partial charge is 0.424 e. The fraction of sp³-hybridized carbons (Fsp3) is 0.429. The lowest BCUT2D eigenvalue weighted by Gasteiger charge is -2.11. The Bertz CT molecular complexity index is 572. The Hall–Kier alpha value is -1.49. The molecule has 0 saturated carbocycles. The molecule has 4 nitrogen and oxygen atoms in total. The molecule has 0 saturated heterocycles. The maximum absolute atomic E-state index is 5.94. The second kappa shape index (κ2) is 5.25. The molecule has 0 unspecified atom stereocenters. The normalized spacial score (nSPS) is 11.8. The minimum absolute atomic E-state index is 0.113. The maximum Gasteiger partial charge on any atom is 0.226 e. The summed E-state index contributed by atoms with van der Waals surface area (Å²) in [6, 6.07) is 6.00. The van der Waals surface area contributed by atoms with Crippen molar-refractivity contribution in [2.45, 2.75) is 43.8 Å². The molecule has 102 valence electrons. The van der Waals surface area contributed by atoms with Gasteiger partial charge in [0, 0.05) is 16.0 Å². The van der Waals surface area contributed by atoms with Crippen LogP contribution in [0.25, 0.3) is 0 Å². The van der Waals surface area contributed by atoms with Crippen LogP contribution in [-0.2, 0) is 11.2 Å². The average molecular weight is 277 g/mol. The van der Waals surface area contributed by atoms with Crippen molar-refractivity contribution in [3.05, 3.63) is 35.5 Å². The zero-order chi connectivity index (χ0) is 14.0. The number of nitrogens with zero attached hydrogens (tertiary/aromatic N) is 2. The van der Waals surface area contributed by atoms with E-state index in [0.29, 0.717) is 17.5 Å². The van der Waals surface area contributed by atoms with Crippen LogP contribution in [0.1, 0.15) is 38.1 Å². The van der Waals surface area contributed by atoms with Gasteiger partial charge in [-0.3, -0.25) is 0 Å². The van der Waals surface area contributed by atoms with Gasteiger partial charge in [0.25, 0.3) is 0 Å². The predicted octanol–water partition coefficient (Wildman–Crippen LogP) is 3.55. The lowest BCUT2D eigenvalue weighted by molar-refractivity contribution is 0.378. The highest BCUT2D eigenvalue weighted by atomic mass is 32.2. The molecule has 0 aliphatic rings. The van der Waals surface area contributed by atoms with Crippen LogP contribution in [0.15, 0.2) is 27.5 Å². The molecule has 1 aromatic heterocycles. The molecule has 5 heteroatoms. The van der Waals surface area contributed by atoms with E-state index in [1.54, 1.807) is 11.8 Å². The van der Waals surface area contributed by atoms with Crippen LogP contribution in [0.3, 0.4) is 0 Å². The third kappa shape index (κ3) is 3.50. The number of anilines is 1. The summed E-state index contributed by atoms with van der Waals surface area (Å²) >= 11 is 1.62. The van der Waals surface area contributed by atoms with E-state index < -0.39 is 0 Å². The summed E-state index contributed by atoms with van der Waals surface area (Å²) < 4.78 is 5.66. The number of hydrogen-bond donors (Lipinski definition) is 1. The quantitative estimate of drug-likeness (QED) is 0.686. The molecule has 0 spiro atoms. The number of aryl methyl sites for hydroxylation is 1. The summed E-state index contributed by atoms with van der Waals surface area (Å²) in [5.74, 6) is 1.94. The summed E-state index contributed by atoms with van der Waals surface area (Å²) in [6.07, 6.45) is 0. The van der Waals surface area contributed by atoms with E-state index in [9.17, 15) is 0 Å². The third-order valence-electron chi connectivity index (χ3n) is 2.63. The van der Waals surface area contributed by atoms with Gasteiger partial charge in [0.2, 0.25) is 11.8 Å². The summed E-state index contributed by atoms with van der Waals surface area (Å²) in [5, 5.41) is 8.15. The molecule has 19 heavy (non-hydrogen) atoms. The molecule has 2 N–H and O–H groups in total. The van der Waals surface area contributed by atoms with Crippen molar-refractivity contribution < 1.29 is 4.42 Å². The first-order valence-electron chi connectivity index (χ1n) is 6.18. The van der Waals surface area contributed by atoms with Crippen molar-refractivity contribution in [3.63, 3.8) is 0 Å². The minimum atomic E-state index is -0.113. The van der Waals surface area contributed by atoms with Crippen LogP contribution in [0.4, 0.5) is 5.69 Å². The van der Waals surface area contributed by atoms with Crippen molar-refractivity contribution in [2.24, 2.45) is 0 Å². The lowest BCUT2D eigenvalue weighted by Crippen LogP contribution is -2.11. The number of nitrogen functional groups attached to an aromatic ring is 1. The van der Waals surface area contributed by atoms with Gasteiger partial charge in [-0.2, -0.15) is 0 Å². The molecule has 0 bridgehead atoms. The zero-order valence-electron chi connectivity index (χ0n) is 11.7. The SMILES string of the molecule is Cc1ccc(N)c(SCc2nnc(C(C)(C)C)o2)c1. The molecule has 0 radical (unpaired) electrons. The zero-order valence-corrected chi connectivity index (χ0v) is 12.5. The Morgan fingerprint density at radius 1 is 1.26 bits per heavy atom. The number of rotatable bonds is 3. The molecule has 0 aliphatic heterocycles. The van der Waals surface area contributed by atoms with Crippen molar-refractivity contribution in [1.82, 2.24) is 10.2 Å². The monoisotopic (exact) mass is 277 g/mol. The first-order chi connectivity index (χ1) is 8.86. The summed E-state index contributed by atoms with van der Waals surface area (Å²) in [7, 11) is 0. The van der Waals surface area contributed by atoms with Crippen LogP contribution in [0, 0.1) is 6.92 Å². The van der Waals surface area contributed by atoms with Gasteiger partial charge in [-0.25, -0.2) is 0 Å².